The molecule has 0 aliphatic heterocycles. The van der Waals surface area contributed by atoms with Crippen molar-refractivity contribution in [1.82, 2.24) is 14.9 Å². The van der Waals surface area contributed by atoms with Gasteiger partial charge in [0.15, 0.2) is 0 Å². The largest absolute Gasteiger partial charge is 0.358 e. The van der Waals surface area contributed by atoms with Crippen LogP contribution in [0.4, 0.5) is 0 Å². The van der Waals surface area contributed by atoms with Crippen molar-refractivity contribution in [3.63, 3.8) is 0 Å². The monoisotopic (exact) mass is 347 g/mol. The standard InChI is InChI=1S/C17H15Cl2N3O/c18-13-6-5-12(9-14(13)19)10-22-16-4-2-1-3-15(16)21-17(22)7-8-20-11-23/h1-6,9,11H,7-8,10H2,(H,20,23). The van der Waals surface area contributed by atoms with Crippen LogP contribution >= 0.6 is 23.2 Å². The summed E-state index contributed by atoms with van der Waals surface area (Å²) in [7, 11) is 0. The molecule has 118 valence electrons. The maximum atomic E-state index is 10.4. The molecule has 0 unspecified atom stereocenters. The quantitative estimate of drug-likeness (QED) is 0.546. The summed E-state index contributed by atoms with van der Waals surface area (Å²) in [5.74, 6) is 0.923. The molecule has 0 fully saturated rings. The summed E-state index contributed by atoms with van der Waals surface area (Å²) in [4.78, 5) is 15.1. The van der Waals surface area contributed by atoms with Crippen LogP contribution in [-0.4, -0.2) is 22.5 Å². The Balaban J connectivity index is 1.97. The Morgan fingerprint density at radius 2 is 1.96 bits per heavy atom. The zero-order valence-corrected chi connectivity index (χ0v) is 13.8. The maximum Gasteiger partial charge on any atom is 0.207 e. The Kier molecular flexibility index (Phi) is 4.84. The first-order chi connectivity index (χ1) is 11.2. The van der Waals surface area contributed by atoms with Gasteiger partial charge in [-0.3, -0.25) is 4.79 Å². The van der Waals surface area contributed by atoms with Gasteiger partial charge in [0.2, 0.25) is 6.41 Å². The van der Waals surface area contributed by atoms with E-state index in [9.17, 15) is 4.79 Å². The minimum atomic E-state index is 0.540. The van der Waals surface area contributed by atoms with Gasteiger partial charge < -0.3 is 9.88 Å². The molecule has 3 rings (SSSR count). The van der Waals surface area contributed by atoms with E-state index < -0.39 is 0 Å². The number of hydrogen-bond donors (Lipinski definition) is 1. The number of aromatic nitrogens is 2. The Morgan fingerprint density at radius 1 is 1.13 bits per heavy atom. The third-order valence-corrected chi connectivity index (χ3v) is 4.37. The number of nitrogens with zero attached hydrogens (tertiary/aromatic N) is 2. The Morgan fingerprint density at radius 3 is 2.74 bits per heavy atom. The van der Waals surface area contributed by atoms with E-state index in [0.717, 1.165) is 22.4 Å². The van der Waals surface area contributed by atoms with Gasteiger partial charge in [0.05, 0.1) is 21.1 Å². The third-order valence-electron chi connectivity index (χ3n) is 3.63. The van der Waals surface area contributed by atoms with E-state index in [-0.39, 0.29) is 0 Å². The number of halogens is 2. The average molecular weight is 348 g/mol. The highest BCUT2D eigenvalue weighted by Crippen LogP contribution is 2.24. The van der Waals surface area contributed by atoms with E-state index in [2.05, 4.69) is 14.9 Å². The van der Waals surface area contributed by atoms with Crippen LogP contribution in [0.2, 0.25) is 10.0 Å². The zero-order valence-electron chi connectivity index (χ0n) is 12.3. The lowest BCUT2D eigenvalue weighted by Crippen LogP contribution is -2.17. The van der Waals surface area contributed by atoms with Crippen LogP contribution in [0.15, 0.2) is 42.5 Å². The average Bonchev–Trinajstić information content (AvgIpc) is 2.89. The normalized spacial score (nSPS) is 10.9. The van der Waals surface area contributed by atoms with E-state index in [1.807, 2.05) is 36.4 Å². The van der Waals surface area contributed by atoms with E-state index >= 15 is 0 Å². The molecule has 0 spiro atoms. The number of nitrogens with one attached hydrogen (secondary N) is 1. The first-order valence-corrected chi connectivity index (χ1v) is 7.99. The van der Waals surface area contributed by atoms with Crippen molar-refractivity contribution in [2.75, 3.05) is 6.54 Å². The first-order valence-electron chi connectivity index (χ1n) is 7.24. The van der Waals surface area contributed by atoms with Crippen LogP contribution in [0.3, 0.4) is 0 Å². The molecule has 0 aliphatic carbocycles. The van der Waals surface area contributed by atoms with Crippen molar-refractivity contribution in [3.05, 3.63) is 63.9 Å². The number of benzene rings is 2. The van der Waals surface area contributed by atoms with Crippen LogP contribution < -0.4 is 5.32 Å². The minimum absolute atomic E-state index is 0.540. The van der Waals surface area contributed by atoms with Gasteiger partial charge in [-0.2, -0.15) is 0 Å². The topological polar surface area (TPSA) is 46.9 Å². The van der Waals surface area contributed by atoms with Gasteiger partial charge in [-0.25, -0.2) is 4.98 Å². The molecule has 23 heavy (non-hydrogen) atoms. The Bertz CT molecular complexity index is 845. The van der Waals surface area contributed by atoms with Gasteiger partial charge >= 0.3 is 0 Å². The fraction of sp³-hybridized carbons (Fsp3) is 0.176. The van der Waals surface area contributed by atoms with Gasteiger partial charge in [-0.05, 0) is 29.8 Å². The lowest BCUT2D eigenvalue weighted by Gasteiger charge is -2.10. The molecule has 0 saturated heterocycles. The fourth-order valence-corrected chi connectivity index (χ4v) is 2.88. The Labute approximate surface area is 144 Å². The molecular weight excluding hydrogens is 333 g/mol. The molecule has 2 aromatic carbocycles. The van der Waals surface area contributed by atoms with Crippen molar-refractivity contribution in [3.8, 4) is 0 Å². The Hall–Kier alpha value is -2.04. The van der Waals surface area contributed by atoms with Gasteiger partial charge in [-0.15, -0.1) is 0 Å². The van der Waals surface area contributed by atoms with Gasteiger partial charge in [-0.1, -0.05) is 41.4 Å². The molecule has 6 heteroatoms. The summed E-state index contributed by atoms with van der Waals surface area (Å²) in [6.07, 6.45) is 1.36. The summed E-state index contributed by atoms with van der Waals surface area (Å²) in [6, 6.07) is 13.6. The smallest absolute Gasteiger partial charge is 0.207 e. The molecule has 0 saturated carbocycles. The highest BCUT2D eigenvalue weighted by atomic mass is 35.5. The van der Waals surface area contributed by atoms with Gasteiger partial charge in [0.1, 0.15) is 5.82 Å². The predicted molar refractivity (Wildman–Crippen MR) is 93.1 cm³/mol. The summed E-state index contributed by atoms with van der Waals surface area (Å²) in [6.45, 7) is 1.20. The van der Waals surface area contributed by atoms with Gasteiger partial charge in [0, 0.05) is 19.5 Å². The van der Waals surface area contributed by atoms with Crippen molar-refractivity contribution < 1.29 is 4.79 Å². The van der Waals surface area contributed by atoms with E-state index in [1.165, 1.54) is 0 Å². The summed E-state index contributed by atoms with van der Waals surface area (Å²) in [5, 5.41) is 3.76. The van der Waals surface area contributed by atoms with Crippen molar-refractivity contribution in [2.45, 2.75) is 13.0 Å². The van der Waals surface area contributed by atoms with E-state index in [4.69, 9.17) is 23.2 Å². The number of carbonyl (C=O) groups is 1. The number of amides is 1. The molecule has 0 bridgehead atoms. The highest BCUT2D eigenvalue weighted by Gasteiger charge is 2.11. The molecule has 0 aliphatic rings. The predicted octanol–water partition coefficient (Wildman–Crippen LogP) is 3.68. The van der Waals surface area contributed by atoms with Crippen LogP contribution in [0, 0.1) is 0 Å². The SMILES string of the molecule is O=CNCCc1nc2ccccc2n1Cc1ccc(Cl)c(Cl)c1. The van der Waals surface area contributed by atoms with Crippen molar-refractivity contribution >= 4 is 40.6 Å². The summed E-state index contributed by atoms with van der Waals surface area (Å²) >= 11 is 12.1. The number of rotatable bonds is 6. The summed E-state index contributed by atoms with van der Waals surface area (Å²) < 4.78 is 2.14. The number of fused-ring (bicyclic) bond motifs is 1. The molecule has 0 radical (unpaired) electrons. The second kappa shape index (κ2) is 7.02. The number of para-hydroxylation sites is 2. The van der Waals surface area contributed by atoms with E-state index in [1.54, 1.807) is 6.07 Å². The second-order valence-electron chi connectivity index (χ2n) is 5.17. The first kappa shape index (κ1) is 15.8. The highest BCUT2D eigenvalue weighted by molar-refractivity contribution is 6.42. The molecule has 1 aromatic heterocycles. The van der Waals surface area contributed by atoms with Crippen LogP contribution in [-0.2, 0) is 17.8 Å². The second-order valence-corrected chi connectivity index (χ2v) is 5.99. The summed E-state index contributed by atoms with van der Waals surface area (Å²) in [5.41, 5.74) is 3.04. The molecule has 4 nitrogen and oxygen atoms in total. The van der Waals surface area contributed by atoms with Crippen LogP contribution in [0.1, 0.15) is 11.4 Å². The lowest BCUT2D eigenvalue weighted by atomic mass is 10.2. The number of imidazole rings is 1. The molecule has 0 atom stereocenters. The molecule has 1 heterocycles. The third kappa shape index (κ3) is 3.49. The van der Waals surface area contributed by atoms with E-state index in [0.29, 0.717) is 36.0 Å². The minimum Gasteiger partial charge on any atom is -0.358 e. The molecular formula is C17H15Cl2N3O. The molecule has 3 aromatic rings. The van der Waals surface area contributed by atoms with Gasteiger partial charge in [0.25, 0.3) is 0 Å². The van der Waals surface area contributed by atoms with Crippen molar-refractivity contribution in [1.29, 1.82) is 0 Å². The maximum absolute atomic E-state index is 10.4. The van der Waals surface area contributed by atoms with Crippen molar-refractivity contribution in [2.24, 2.45) is 0 Å². The number of hydrogen-bond acceptors (Lipinski definition) is 2. The number of carbonyl (C=O) groups excluding carboxylic acids is 1. The zero-order chi connectivity index (χ0) is 16.2. The molecule has 1 N–H and O–H groups in total. The van der Waals surface area contributed by atoms with Crippen LogP contribution in [0.5, 0.6) is 0 Å². The molecule has 1 amide bonds. The van der Waals surface area contributed by atoms with Crippen LogP contribution in [0.25, 0.3) is 11.0 Å². The lowest BCUT2D eigenvalue weighted by molar-refractivity contribution is -0.109. The fourth-order valence-electron chi connectivity index (χ4n) is 2.56.